The summed E-state index contributed by atoms with van der Waals surface area (Å²) >= 11 is 6.50. The molecule has 0 amide bonds. The fraction of sp³-hybridized carbons (Fsp3) is 0.235. The van der Waals surface area contributed by atoms with Gasteiger partial charge >= 0.3 is 0 Å². The summed E-state index contributed by atoms with van der Waals surface area (Å²) < 4.78 is 61.9. The van der Waals surface area contributed by atoms with E-state index in [1.165, 1.54) is 0 Å². The highest BCUT2D eigenvalue weighted by Gasteiger charge is 2.32. The highest BCUT2D eigenvalue weighted by molar-refractivity contribution is 7.99. The van der Waals surface area contributed by atoms with E-state index in [1.807, 2.05) is 0 Å². The zero-order valence-electron chi connectivity index (χ0n) is 14.0. The number of hydrogen-bond donors (Lipinski definition) is 0. The van der Waals surface area contributed by atoms with E-state index in [0.717, 1.165) is 12.8 Å². The number of ether oxygens (including phenoxy) is 1. The van der Waals surface area contributed by atoms with Gasteiger partial charge in [-0.1, -0.05) is 23.7 Å². The van der Waals surface area contributed by atoms with Gasteiger partial charge in [-0.3, -0.25) is 4.57 Å². The lowest BCUT2D eigenvalue weighted by Crippen LogP contribution is -2.08. The minimum Gasteiger partial charge on any atom is -0.484 e. The molecule has 0 spiro atoms. The third-order valence-electron chi connectivity index (χ3n) is 3.99. The first-order valence-electron chi connectivity index (χ1n) is 8.14. The van der Waals surface area contributed by atoms with Crippen molar-refractivity contribution in [1.29, 1.82) is 0 Å². The van der Waals surface area contributed by atoms with E-state index in [1.54, 1.807) is 28.8 Å². The summed E-state index contributed by atoms with van der Waals surface area (Å²) in [7, 11) is 0. The molecular weight excluding hydrogens is 420 g/mol. The van der Waals surface area contributed by atoms with Crippen molar-refractivity contribution in [2.75, 3.05) is 0 Å². The fourth-order valence-corrected chi connectivity index (χ4v) is 3.68. The van der Waals surface area contributed by atoms with Gasteiger partial charge in [-0.25, -0.2) is 8.78 Å². The van der Waals surface area contributed by atoms with Crippen molar-refractivity contribution in [1.82, 2.24) is 19.7 Å². The molecule has 1 aliphatic carbocycles. The average Bonchev–Trinajstić information content (AvgIpc) is 3.44. The highest BCUT2D eigenvalue weighted by Crippen LogP contribution is 2.41. The molecule has 2 aromatic heterocycles. The third-order valence-corrected chi connectivity index (χ3v) is 5.33. The van der Waals surface area contributed by atoms with Crippen molar-refractivity contribution >= 4 is 23.4 Å². The summed E-state index contributed by atoms with van der Waals surface area (Å²) in [5.74, 6) is -5.76. The van der Waals surface area contributed by atoms with Gasteiger partial charge in [0.15, 0.2) is 22.6 Å². The minimum absolute atomic E-state index is 0.0117. The van der Waals surface area contributed by atoms with E-state index in [-0.39, 0.29) is 17.8 Å². The van der Waals surface area contributed by atoms with Crippen LogP contribution in [0.4, 0.5) is 17.6 Å². The van der Waals surface area contributed by atoms with Crippen LogP contribution in [-0.4, -0.2) is 19.7 Å². The summed E-state index contributed by atoms with van der Waals surface area (Å²) in [6.07, 6.45) is 1.63. The van der Waals surface area contributed by atoms with E-state index < -0.39 is 28.4 Å². The predicted molar refractivity (Wildman–Crippen MR) is 92.3 cm³/mol. The van der Waals surface area contributed by atoms with Gasteiger partial charge in [0.2, 0.25) is 0 Å². The molecule has 0 unspecified atom stereocenters. The number of nitrogens with zero attached hydrogens (tertiary/aromatic N) is 4. The van der Waals surface area contributed by atoms with Crippen LogP contribution in [0, 0.1) is 23.5 Å². The van der Waals surface area contributed by atoms with Gasteiger partial charge in [-0.15, -0.1) is 10.2 Å². The number of pyridine rings is 1. The van der Waals surface area contributed by atoms with Crippen molar-refractivity contribution in [3.05, 3.63) is 58.6 Å². The molecule has 1 aromatic carbocycles. The Kier molecular flexibility index (Phi) is 5.15. The Morgan fingerprint density at radius 1 is 1.07 bits per heavy atom. The number of aromatic nitrogens is 4. The zero-order chi connectivity index (χ0) is 19.8. The van der Waals surface area contributed by atoms with Gasteiger partial charge in [0, 0.05) is 6.04 Å². The molecule has 5 nitrogen and oxygen atoms in total. The quantitative estimate of drug-likeness (QED) is 0.409. The van der Waals surface area contributed by atoms with Crippen molar-refractivity contribution < 1.29 is 22.3 Å². The predicted octanol–water partition coefficient (Wildman–Crippen LogP) is 4.95. The molecule has 3 aromatic rings. The molecule has 0 bridgehead atoms. The lowest BCUT2D eigenvalue weighted by Gasteiger charge is -2.11. The summed E-state index contributed by atoms with van der Waals surface area (Å²) in [5, 5.41) is 8.43. The van der Waals surface area contributed by atoms with E-state index in [2.05, 4.69) is 15.2 Å². The number of hydrogen-bond acceptors (Lipinski definition) is 5. The van der Waals surface area contributed by atoms with E-state index in [0.29, 0.717) is 28.4 Å². The maximum Gasteiger partial charge on any atom is 0.252 e. The minimum atomic E-state index is -1.72. The Labute approximate surface area is 165 Å². The van der Waals surface area contributed by atoms with E-state index in [4.69, 9.17) is 16.3 Å². The number of para-hydroxylation sites is 1. The monoisotopic (exact) mass is 430 g/mol. The van der Waals surface area contributed by atoms with Gasteiger partial charge < -0.3 is 4.74 Å². The van der Waals surface area contributed by atoms with Crippen LogP contribution in [0.25, 0.3) is 0 Å². The third kappa shape index (κ3) is 3.66. The Hall–Kier alpha value is -2.33. The molecule has 0 aliphatic heterocycles. The maximum absolute atomic E-state index is 13.9. The number of benzene rings is 1. The van der Waals surface area contributed by atoms with Crippen LogP contribution < -0.4 is 4.74 Å². The van der Waals surface area contributed by atoms with Crippen LogP contribution in [0.15, 0.2) is 34.3 Å². The molecule has 0 saturated heterocycles. The molecule has 2 heterocycles. The van der Waals surface area contributed by atoms with Crippen LogP contribution in [0.3, 0.4) is 0 Å². The van der Waals surface area contributed by atoms with Crippen molar-refractivity contribution in [3.8, 4) is 5.75 Å². The SMILES string of the molecule is Fc1nc(F)c(F)c(Sc2nnc(COc3ccccc3Cl)n2C2CC2)c1F. The summed E-state index contributed by atoms with van der Waals surface area (Å²) in [5.41, 5.74) is 0. The molecule has 1 saturated carbocycles. The van der Waals surface area contributed by atoms with Gasteiger partial charge in [0.05, 0.1) is 9.92 Å². The van der Waals surface area contributed by atoms with Crippen LogP contribution in [0.2, 0.25) is 5.02 Å². The topological polar surface area (TPSA) is 52.8 Å². The molecule has 146 valence electrons. The summed E-state index contributed by atoms with van der Waals surface area (Å²) in [6, 6.07) is 6.88. The Morgan fingerprint density at radius 2 is 1.75 bits per heavy atom. The van der Waals surface area contributed by atoms with Crippen molar-refractivity contribution in [3.63, 3.8) is 0 Å². The fourth-order valence-electron chi connectivity index (χ4n) is 2.53. The first-order valence-corrected chi connectivity index (χ1v) is 9.34. The average molecular weight is 431 g/mol. The molecular formula is C17H11ClF4N4OS. The smallest absolute Gasteiger partial charge is 0.252 e. The van der Waals surface area contributed by atoms with Gasteiger partial charge in [-0.2, -0.15) is 13.8 Å². The Balaban J connectivity index is 1.62. The van der Waals surface area contributed by atoms with Crippen molar-refractivity contribution in [2.45, 2.75) is 35.5 Å². The maximum atomic E-state index is 13.9. The molecule has 0 radical (unpaired) electrons. The second kappa shape index (κ2) is 7.59. The number of rotatable bonds is 6. The van der Waals surface area contributed by atoms with Crippen LogP contribution in [0.1, 0.15) is 24.7 Å². The van der Waals surface area contributed by atoms with Crippen LogP contribution in [-0.2, 0) is 6.61 Å². The summed E-state index contributed by atoms with van der Waals surface area (Å²) in [4.78, 5) is 1.69. The van der Waals surface area contributed by atoms with Crippen LogP contribution in [0.5, 0.6) is 5.75 Å². The van der Waals surface area contributed by atoms with E-state index >= 15 is 0 Å². The lowest BCUT2D eigenvalue weighted by molar-refractivity contribution is 0.288. The number of halogens is 5. The van der Waals surface area contributed by atoms with Crippen molar-refractivity contribution in [2.24, 2.45) is 0 Å². The highest BCUT2D eigenvalue weighted by atomic mass is 35.5. The van der Waals surface area contributed by atoms with Gasteiger partial charge in [-0.05, 0) is 36.7 Å². The van der Waals surface area contributed by atoms with E-state index in [9.17, 15) is 17.6 Å². The molecule has 4 rings (SSSR count). The van der Waals surface area contributed by atoms with Gasteiger partial charge in [0.1, 0.15) is 12.4 Å². The molecule has 1 fully saturated rings. The first-order chi connectivity index (χ1) is 13.5. The second-order valence-electron chi connectivity index (χ2n) is 5.97. The molecule has 11 heteroatoms. The largest absolute Gasteiger partial charge is 0.484 e. The zero-order valence-corrected chi connectivity index (χ0v) is 15.6. The van der Waals surface area contributed by atoms with Crippen LogP contribution >= 0.6 is 23.4 Å². The van der Waals surface area contributed by atoms with Gasteiger partial charge in [0.25, 0.3) is 11.9 Å². The second-order valence-corrected chi connectivity index (χ2v) is 7.36. The Bertz CT molecular complexity index is 1020. The standard InChI is InChI=1S/C17H11ClF4N4OS/c18-9-3-1-2-4-10(9)27-7-11-24-25-17(26(11)8-5-6-8)28-14-12(19)15(21)23-16(22)13(14)20/h1-4,8H,5-7H2. The molecule has 1 aliphatic rings. The molecule has 0 N–H and O–H groups in total. The Morgan fingerprint density at radius 3 is 2.39 bits per heavy atom. The first kappa shape index (κ1) is 19.0. The normalized spacial score (nSPS) is 13.8. The summed E-state index contributed by atoms with van der Waals surface area (Å²) in [6.45, 7) is 0.0117. The molecule has 0 atom stereocenters. The molecule has 28 heavy (non-hydrogen) atoms. The lowest BCUT2D eigenvalue weighted by atomic mass is 10.3.